The van der Waals surface area contributed by atoms with Crippen LogP contribution in [0.15, 0.2) is 66.0 Å². The number of nitrogen functional groups attached to an aromatic ring is 1. The second-order valence-electron chi connectivity index (χ2n) is 8.97. The number of hydrogen-bond acceptors (Lipinski definition) is 11. The second-order valence-corrected chi connectivity index (χ2v) is 10.8. The van der Waals surface area contributed by atoms with Crippen molar-refractivity contribution in [1.29, 1.82) is 0 Å². The SMILES string of the molecule is COc1cccc(CC(=O)Nc2cccc(-c3csc(-c4sc(Nc5cc(OC)c(OC)c(OC)c5)nc4N)n3)c2)c1. The lowest BCUT2D eigenvalue weighted by molar-refractivity contribution is -0.115. The Kier molecular flexibility index (Phi) is 8.74. The summed E-state index contributed by atoms with van der Waals surface area (Å²) < 4.78 is 21.5. The van der Waals surface area contributed by atoms with Crippen LogP contribution in [0.25, 0.3) is 21.1 Å². The molecule has 2 aromatic heterocycles. The van der Waals surface area contributed by atoms with Crippen molar-refractivity contribution in [2.45, 2.75) is 6.42 Å². The van der Waals surface area contributed by atoms with Gasteiger partial charge in [0.1, 0.15) is 21.5 Å². The van der Waals surface area contributed by atoms with Gasteiger partial charge in [0.05, 0.1) is 40.6 Å². The fourth-order valence-electron chi connectivity index (χ4n) is 4.26. The first kappa shape index (κ1) is 28.7. The van der Waals surface area contributed by atoms with E-state index in [0.717, 1.165) is 26.7 Å². The minimum absolute atomic E-state index is 0.121. The largest absolute Gasteiger partial charge is 0.497 e. The van der Waals surface area contributed by atoms with Gasteiger partial charge in [-0.25, -0.2) is 9.97 Å². The number of benzene rings is 3. The van der Waals surface area contributed by atoms with Crippen molar-refractivity contribution in [3.8, 4) is 44.1 Å². The van der Waals surface area contributed by atoms with Crippen molar-refractivity contribution in [1.82, 2.24) is 9.97 Å². The van der Waals surface area contributed by atoms with Crippen molar-refractivity contribution in [2.75, 3.05) is 44.8 Å². The van der Waals surface area contributed by atoms with E-state index < -0.39 is 0 Å². The normalized spacial score (nSPS) is 10.7. The Bertz CT molecular complexity index is 1690. The molecule has 1 amide bonds. The molecule has 5 aromatic rings. The number of nitrogens with zero attached hydrogens (tertiary/aromatic N) is 2. The molecule has 0 aliphatic carbocycles. The summed E-state index contributed by atoms with van der Waals surface area (Å²) in [4.78, 5) is 22.7. The Morgan fingerprint density at radius 3 is 2.36 bits per heavy atom. The zero-order chi connectivity index (χ0) is 29.6. The molecule has 10 nitrogen and oxygen atoms in total. The highest BCUT2D eigenvalue weighted by Crippen LogP contribution is 2.43. The molecule has 12 heteroatoms. The molecule has 0 fully saturated rings. The summed E-state index contributed by atoms with van der Waals surface area (Å²) in [7, 11) is 6.28. The van der Waals surface area contributed by atoms with E-state index in [0.29, 0.717) is 45.3 Å². The number of anilines is 4. The van der Waals surface area contributed by atoms with Crippen molar-refractivity contribution < 1.29 is 23.7 Å². The van der Waals surface area contributed by atoms with Gasteiger partial charge in [-0.05, 0) is 29.8 Å². The zero-order valence-corrected chi connectivity index (χ0v) is 25.0. The molecular formula is C30H29N5O5S2. The summed E-state index contributed by atoms with van der Waals surface area (Å²) in [5, 5.41) is 9.52. The quantitative estimate of drug-likeness (QED) is 0.155. The molecule has 0 bridgehead atoms. The molecular weight excluding hydrogens is 574 g/mol. The minimum atomic E-state index is -0.121. The van der Waals surface area contributed by atoms with E-state index in [4.69, 9.17) is 29.7 Å². The van der Waals surface area contributed by atoms with Gasteiger partial charge in [0.25, 0.3) is 0 Å². The lowest BCUT2D eigenvalue weighted by atomic mass is 10.1. The number of ether oxygens (including phenoxy) is 4. The summed E-state index contributed by atoms with van der Waals surface area (Å²) in [5.74, 6) is 2.51. The molecule has 0 unspecified atom stereocenters. The van der Waals surface area contributed by atoms with E-state index in [9.17, 15) is 4.79 Å². The third kappa shape index (κ3) is 6.40. The Morgan fingerprint density at radius 1 is 0.881 bits per heavy atom. The summed E-state index contributed by atoms with van der Waals surface area (Å²) in [6.45, 7) is 0. The lowest BCUT2D eigenvalue weighted by Gasteiger charge is -2.14. The van der Waals surface area contributed by atoms with Gasteiger partial charge in [0, 0.05) is 34.5 Å². The summed E-state index contributed by atoms with van der Waals surface area (Å²) >= 11 is 2.86. The average molecular weight is 604 g/mol. The standard InChI is InChI=1S/C30H29N5O5S2/c1-37-21-10-5-7-17(11-21)12-25(36)32-19-9-6-8-18(13-19)22-16-41-29(34-22)27-28(31)35-30(42-27)33-20-14-23(38-2)26(40-4)24(15-20)39-3/h5-11,13-16H,12,31H2,1-4H3,(H,32,36)(H,33,35). The predicted octanol–water partition coefficient (Wildman–Crippen LogP) is 6.48. The molecule has 5 rings (SSSR count). The number of nitrogens with one attached hydrogen (secondary N) is 2. The highest BCUT2D eigenvalue weighted by atomic mass is 32.1. The Labute approximate surface area is 251 Å². The number of rotatable bonds is 11. The smallest absolute Gasteiger partial charge is 0.228 e. The van der Waals surface area contributed by atoms with Crippen LogP contribution < -0.4 is 35.3 Å². The fourth-order valence-corrected chi connectivity index (χ4v) is 6.09. The number of thiazole rings is 2. The third-order valence-electron chi connectivity index (χ3n) is 6.21. The first-order valence-corrected chi connectivity index (χ1v) is 14.4. The number of hydrogen-bond donors (Lipinski definition) is 3. The topological polar surface area (TPSA) is 130 Å². The summed E-state index contributed by atoms with van der Waals surface area (Å²) in [6, 6.07) is 18.6. The van der Waals surface area contributed by atoms with Crippen LogP contribution in [0.4, 0.5) is 22.3 Å². The molecule has 4 N–H and O–H groups in total. The van der Waals surface area contributed by atoms with Gasteiger partial charge in [-0.15, -0.1) is 11.3 Å². The lowest BCUT2D eigenvalue weighted by Crippen LogP contribution is -2.14. The van der Waals surface area contributed by atoms with E-state index >= 15 is 0 Å². The number of amides is 1. The number of carbonyl (C=O) groups excluding carboxylic acids is 1. The molecule has 0 saturated carbocycles. The van der Waals surface area contributed by atoms with E-state index in [1.54, 1.807) is 40.6 Å². The van der Waals surface area contributed by atoms with Crippen molar-refractivity contribution in [2.24, 2.45) is 0 Å². The molecule has 42 heavy (non-hydrogen) atoms. The third-order valence-corrected chi connectivity index (χ3v) is 8.19. The summed E-state index contributed by atoms with van der Waals surface area (Å²) in [6.07, 6.45) is 0.236. The van der Waals surface area contributed by atoms with Gasteiger partial charge in [-0.1, -0.05) is 35.6 Å². The van der Waals surface area contributed by atoms with Gasteiger partial charge < -0.3 is 35.3 Å². The Balaban J connectivity index is 1.30. The number of carbonyl (C=O) groups is 1. The van der Waals surface area contributed by atoms with Gasteiger partial charge >= 0.3 is 0 Å². The predicted molar refractivity (Wildman–Crippen MR) is 168 cm³/mol. The maximum atomic E-state index is 12.7. The van der Waals surface area contributed by atoms with Gasteiger partial charge in [0.15, 0.2) is 16.6 Å². The van der Waals surface area contributed by atoms with Crippen LogP contribution in [0.2, 0.25) is 0 Å². The first-order valence-electron chi connectivity index (χ1n) is 12.7. The van der Waals surface area contributed by atoms with Gasteiger partial charge in [-0.3, -0.25) is 4.79 Å². The molecule has 0 atom stereocenters. The van der Waals surface area contributed by atoms with Crippen LogP contribution in [0.5, 0.6) is 23.0 Å². The maximum absolute atomic E-state index is 12.7. The highest BCUT2D eigenvalue weighted by Gasteiger charge is 2.18. The molecule has 0 aliphatic rings. The number of methoxy groups -OCH3 is 4. The molecule has 0 aliphatic heterocycles. The van der Waals surface area contributed by atoms with E-state index in [1.807, 2.05) is 53.9 Å². The van der Waals surface area contributed by atoms with Crippen LogP contribution in [0, 0.1) is 0 Å². The zero-order valence-electron chi connectivity index (χ0n) is 23.4. The molecule has 3 aromatic carbocycles. The van der Waals surface area contributed by atoms with Crippen LogP contribution in [0.1, 0.15) is 5.56 Å². The number of aromatic nitrogens is 2. The second kappa shape index (κ2) is 12.8. The van der Waals surface area contributed by atoms with Crippen molar-refractivity contribution in [3.63, 3.8) is 0 Å². The Morgan fingerprint density at radius 2 is 1.64 bits per heavy atom. The van der Waals surface area contributed by atoms with Crippen molar-refractivity contribution >= 4 is 50.9 Å². The van der Waals surface area contributed by atoms with Gasteiger partial charge in [-0.2, -0.15) is 0 Å². The van der Waals surface area contributed by atoms with Crippen LogP contribution >= 0.6 is 22.7 Å². The molecule has 2 heterocycles. The molecule has 0 radical (unpaired) electrons. The van der Waals surface area contributed by atoms with Crippen LogP contribution in [-0.2, 0) is 11.2 Å². The molecule has 216 valence electrons. The first-order chi connectivity index (χ1) is 20.4. The average Bonchev–Trinajstić information content (AvgIpc) is 3.63. The fraction of sp³-hybridized carbons (Fsp3) is 0.167. The van der Waals surface area contributed by atoms with Crippen molar-refractivity contribution in [3.05, 3.63) is 71.6 Å². The van der Waals surface area contributed by atoms with E-state index in [2.05, 4.69) is 15.6 Å². The maximum Gasteiger partial charge on any atom is 0.228 e. The van der Waals surface area contributed by atoms with Crippen LogP contribution in [0.3, 0.4) is 0 Å². The van der Waals surface area contributed by atoms with Crippen LogP contribution in [-0.4, -0.2) is 44.3 Å². The van der Waals surface area contributed by atoms with Gasteiger partial charge in [0.2, 0.25) is 11.7 Å². The monoisotopic (exact) mass is 603 g/mol. The van der Waals surface area contributed by atoms with E-state index in [1.165, 1.54) is 22.7 Å². The number of nitrogens with two attached hydrogens (primary N) is 1. The molecule has 0 spiro atoms. The minimum Gasteiger partial charge on any atom is -0.497 e. The van der Waals surface area contributed by atoms with E-state index in [-0.39, 0.29) is 12.3 Å². The highest BCUT2D eigenvalue weighted by molar-refractivity contribution is 7.23. The summed E-state index contributed by atoms with van der Waals surface area (Å²) in [5.41, 5.74) is 10.2. The Hall–Kier alpha value is -4.81. The molecule has 0 saturated heterocycles.